The minimum absolute atomic E-state index is 0.0288. The van der Waals surface area contributed by atoms with Crippen molar-refractivity contribution in [3.8, 4) is 0 Å². The molecule has 0 spiro atoms. The van der Waals surface area contributed by atoms with Gasteiger partial charge in [-0.15, -0.1) is 0 Å². The molecule has 0 unspecified atom stereocenters. The van der Waals surface area contributed by atoms with Crippen molar-refractivity contribution in [3.63, 3.8) is 0 Å². The number of rotatable bonds is 6. The van der Waals surface area contributed by atoms with E-state index in [0.717, 1.165) is 0 Å². The molecule has 104 valence electrons. The van der Waals surface area contributed by atoms with Crippen molar-refractivity contribution in [3.05, 3.63) is 24.3 Å². The number of carbonyl (C=O) groups is 2. The third-order valence-electron chi connectivity index (χ3n) is 1.55. The minimum atomic E-state index is -0.205. The molecule has 6 nitrogen and oxygen atoms in total. The first kappa shape index (κ1) is 18.7. The highest BCUT2D eigenvalue weighted by Crippen LogP contribution is 1.83. The molecule has 0 aromatic heterocycles. The van der Waals surface area contributed by atoms with Gasteiger partial charge >= 0.3 is 0 Å². The number of amides is 2. The van der Waals surface area contributed by atoms with Crippen molar-refractivity contribution in [1.82, 2.24) is 10.6 Å². The lowest BCUT2D eigenvalue weighted by Crippen LogP contribution is -2.26. The molecule has 0 heterocycles. The maximum Gasteiger partial charge on any atom is 0.248 e. The Kier molecular flexibility index (Phi) is 12.3. The van der Waals surface area contributed by atoms with Crippen molar-refractivity contribution >= 4 is 11.8 Å². The van der Waals surface area contributed by atoms with E-state index in [1.807, 2.05) is 0 Å². The highest BCUT2D eigenvalue weighted by molar-refractivity contribution is 5.92. The van der Waals surface area contributed by atoms with Gasteiger partial charge in [0.2, 0.25) is 11.8 Å². The molecule has 0 rings (SSSR count). The van der Waals surface area contributed by atoms with Crippen LogP contribution in [0, 0.1) is 0 Å². The number of methoxy groups -OCH3 is 1. The summed E-state index contributed by atoms with van der Waals surface area (Å²) in [4.78, 5) is 21.2. The molecule has 0 aliphatic heterocycles. The number of nitrogens with one attached hydrogen (secondary N) is 2. The van der Waals surface area contributed by atoms with Crippen LogP contribution in [0.3, 0.4) is 0 Å². The largest absolute Gasteiger partial charge is 0.395 e. The second-order valence-corrected chi connectivity index (χ2v) is 3.48. The van der Waals surface area contributed by atoms with E-state index in [1.54, 1.807) is 13.8 Å². The van der Waals surface area contributed by atoms with Gasteiger partial charge in [-0.25, -0.2) is 0 Å². The Morgan fingerprint density at radius 2 is 1.56 bits per heavy atom. The van der Waals surface area contributed by atoms with Crippen molar-refractivity contribution in [2.24, 2.45) is 0 Å². The standard InChI is InChI=1S/2C6H11NO2/c1-5(2)6(8)7-4-9-3;1-5(2)6(9)7-3-4-8/h1,4H2,2-3H3,(H,7,8);8H,1,3-4H2,2H3,(H,7,9). The lowest BCUT2D eigenvalue weighted by Gasteiger charge is -2.00. The van der Waals surface area contributed by atoms with Crippen LogP contribution in [0.15, 0.2) is 24.3 Å². The highest BCUT2D eigenvalue weighted by atomic mass is 16.5. The number of hydrogen-bond acceptors (Lipinski definition) is 4. The van der Waals surface area contributed by atoms with Crippen molar-refractivity contribution < 1.29 is 19.4 Å². The first-order valence-electron chi connectivity index (χ1n) is 5.34. The Bertz CT molecular complexity index is 270. The Morgan fingerprint density at radius 1 is 1.11 bits per heavy atom. The van der Waals surface area contributed by atoms with E-state index in [2.05, 4.69) is 28.5 Å². The summed E-state index contributed by atoms with van der Waals surface area (Å²) in [5.41, 5.74) is 0.954. The molecule has 0 atom stereocenters. The van der Waals surface area contributed by atoms with Crippen molar-refractivity contribution in [1.29, 1.82) is 0 Å². The van der Waals surface area contributed by atoms with Crippen molar-refractivity contribution in [2.75, 3.05) is 27.0 Å². The van der Waals surface area contributed by atoms with E-state index in [-0.39, 0.29) is 25.2 Å². The van der Waals surface area contributed by atoms with Gasteiger partial charge in [0.15, 0.2) is 0 Å². The van der Waals surface area contributed by atoms with Crippen LogP contribution < -0.4 is 10.6 Å². The molecule has 0 aromatic carbocycles. The smallest absolute Gasteiger partial charge is 0.248 e. The molecule has 0 saturated carbocycles. The number of ether oxygens (including phenoxy) is 1. The molecule has 2 amide bonds. The zero-order valence-corrected chi connectivity index (χ0v) is 11.2. The predicted molar refractivity (Wildman–Crippen MR) is 69.7 cm³/mol. The summed E-state index contributed by atoms with van der Waals surface area (Å²) in [6.45, 7) is 10.6. The maximum atomic E-state index is 10.6. The summed E-state index contributed by atoms with van der Waals surface area (Å²) in [6.07, 6.45) is 0. The fraction of sp³-hybridized carbons (Fsp3) is 0.500. The Hall–Kier alpha value is -1.66. The number of hydrogen-bond donors (Lipinski definition) is 3. The van der Waals surface area contributed by atoms with Crippen LogP contribution in [-0.4, -0.2) is 43.9 Å². The third-order valence-corrected chi connectivity index (χ3v) is 1.55. The first-order valence-corrected chi connectivity index (χ1v) is 5.34. The summed E-state index contributed by atoms with van der Waals surface area (Å²) in [7, 11) is 1.51. The molecular formula is C12H22N2O4. The van der Waals surface area contributed by atoms with E-state index in [9.17, 15) is 9.59 Å². The van der Waals surface area contributed by atoms with Crippen molar-refractivity contribution in [2.45, 2.75) is 13.8 Å². The monoisotopic (exact) mass is 258 g/mol. The van der Waals surface area contributed by atoms with Gasteiger partial charge in [-0.1, -0.05) is 13.2 Å². The normalized spacial score (nSPS) is 8.67. The summed E-state index contributed by atoms with van der Waals surface area (Å²) in [5, 5.41) is 13.2. The van der Waals surface area contributed by atoms with Gasteiger partial charge in [-0.3, -0.25) is 9.59 Å². The van der Waals surface area contributed by atoms with Crippen LogP contribution in [0.2, 0.25) is 0 Å². The predicted octanol–water partition coefficient (Wildman–Crippen LogP) is -0.0464. The van der Waals surface area contributed by atoms with Gasteiger partial charge in [-0.2, -0.15) is 0 Å². The lowest BCUT2D eigenvalue weighted by atomic mass is 10.3. The molecule has 0 aromatic rings. The van der Waals surface area contributed by atoms with E-state index in [1.165, 1.54) is 7.11 Å². The van der Waals surface area contributed by atoms with Gasteiger partial charge < -0.3 is 20.5 Å². The van der Waals surface area contributed by atoms with Crippen LogP contribution in [0.25, 0.3) is 0 Å². The summed E-state index contributed by atoms with van der Waals surface area (Å²) >= 11 is 0. The van der Waals surface area contributed by atoms with Crippen LogP contribution >= 0.6 is 0 Å². The fourth-order valence-corrected chi connectivity index (χ4v) is 0.609. The SMILES string of the molecule is C=C(C)C(=O)NCCO.C=C(C)C(=O)NCOC. The van der Waals surface area contributed by atoms with Crippen LogP contribution in [0.1, 0.15) is 13.8 Å². The Morgan fingerprint density at radius 3 is 1.89 bits per heavy atom. The van der Waals surface area contributed by atoms with Gasteiger partial charge in [0.25, 0.3) is 0 Å². The van der Waals surface area contributed by atoms with Gasteiger partial charge in [0.05, 0.1) is 6.61 Å². The molecule has 0 aliphatic rings. The molecule has 0 bridgehead atoms. The quantitative estimate of drug-likeness (QED) is 0.460. The van der Waals surface area contributed by atoms with E-state index in [4.69, 9.17) is 5.11 Å². The molecule has 0 radical (unpaired) electrons. The Labute approximate surface area is 108 Å². The Balaban J connectivity index is 0. The lowest BCUT2D eigenvalue weighted by molar-refractivity contribution is -0.119. The number of aliphatic hydroxyl groups excluding tert-OH is 1. The summed E-state index contributed by atoms with van der Waals surface area (Å²) in [6, 6.07) is 0. The molecule has 0 saturated heterocycles. The number of aliphatic hydroxyl groups is 1. The topological polar surface area (TPSA) is 87.7 Å². The van der Waals surface area contributed by atoms with E-state index < -0.39 is 0 Å². The average Bonchev–Trinajstić information content (AvgIpc) is 2.33. The average molecular weight is 258 g/mol. The van der Waals surface area contributed by atoms with Crippen LogP contribution in [0.5, 0.6) is 0 Å². The second-order valence-electron chi connectivity index (χ2n) is 3.48. The number of carbonyl (C=O) groups excluding carboxylic acids is 2. The van der Waals surface area contributed by atoms with Crippen LogP contribution in [-0.2, 0) is 14.3 Å². The molecule has 0 aliphatic carbocycles. The third kappa shape index (κ3) is 12.4. The zero-order chi connectivity index (χ0) is 14.6. The summed E-state index contributed by atoms with van der Waals surface area (Å²) < 4.78 is 4.59. The van der Waals surface area contributed by atoms with Gasteiger partial charge in [-0.05, 0) is 13.8 Å². The summed E-state index contributed by atoms with van der Waals surface area (Å²) in [5.74, 6) is -0.374. The zero-order valence-electron chi connectivity index (χ0n) is 11.2. The van der Waals surface area contributed by atoms with Crippen LogP contribution in [0.4, 0.5) is 0 Å². The van der Waals surface area contributed by atoms with Gasteiger partial charge in [0, 0.05) is 24.8 Å². The molecule has 3 N–H and O–H groups in total. The molecular weight excluding hydrogens is 236 g/mol. The molecule has 18 heavy (non-hydrogen) atoms. The van der Waals surface area contributed by atoms with E-state index in [0.29, 0.717) is 17.7 Å². The highest BCUT2D eigenvalue weighted by Gasteiger charge is 1.97. The first-order chi connectivity index (χ1) is 8.36. The molecule has 0 fully saturated rings. The maximum absolute atomic E-state index is 10.6. The van der Waals surface area contributed by atoms with Gasteiger partial charge in [0.1, 0.15) is 6.73 Å². The van der Waals surface area contributed by atoms with E-state index >= 15 is 0 Å². The molecule has 6 heteroatoms. The fourth-order valence-electron chi connectivity index (χ4n) is 0.609. The minimum Gasteiger partial charge on any atom is -0.395 e. The second kappa shape index (κ2) is 11.8.